The van der Waals surface area contributed by atoms with E-state index in [0.29, 0.717) is 0 Å². The fourth-order valence-corrected chi connectivity index (χ4v) is 9.99. The minimum absolute atomic E-state index is 0.863. The zero-order valence-electron chi connectivity index (χ0n) is 12.0. The number of hydrogen-bond donors (Lipinski definition) is 0. The molecule has 0 nitrogen and oxygen atoms in total. The van der Waals surface area contributed by atoms with Crippen LogP contribution in [0.1, 0.15) is 12.8 Å². The number of hydrogen-bond acceptors (Lipinski definition) is 0. The van der Waals surface area contributed by atoms with Gasteiger partial charge in [0.05, 0.1) is 0 Å². The van der Waals surface area contributed by atoms with Gasteiger partial charge in [0, 0.05) is 16.1 Å². The van der Waals surface area contributed by atoms with Crippen LogP contribution in [0, 0.1) is 11.8 Å². The molecule has 0 aliphatic carbocycles. The molecule has 0 bridgehead atoms. The van der Waals surface area contributed by atoms with Gasteiger partial charge < -0.3 is 0 Å². The van der Waals surface area contributed by atoms with Crippen molar-refractivity contribution in [3.63, 3.8) is 0 Å². The maximum atomic E-state index is 3.93. The van der Waals surface area contributed by atoms with E-state index in [0.717, 1.165) is 11.8 Å². The molecule has 94 valence electrons. The van der Waals surface area contributed by atoms with Gasteiger partial charge in [0.15, 0.2) is 0 Å². The molecule has 1 rings (SSSR count). The normalized spacial score (nSPS) is 30.1. The Labute approximate surface area is 105 Å². The van der Waals surface area contributed by atoms with Crippen LogP contribution in [0.3, 0.4) is 0 Å². The molecule has 16 heavy (non-hydrogen) atoms. The van der Waals surface area contributed by atoms with Crippen molar-refractivity contribution in [1.29, 1.82) is 0 Å². The minimum Gasteiger partial charge on any atom is -0.103 e. The molecule has 1 saturated heterocycles. The summed E-state index contributed by atoms with van der Waals surface area (Å²) < 4.78 is 0. The lowest BCUT2D eigenvalue weighted by molar-refractivity contribution is 0.407. The van der Waals surface area contributed by atoms with Crippen molar-refractivity contribution in [2.24, 2.45) is 11.8 Å². The second-order valence-corrected chi connectivity index (χ2v) is 18.5. The van der Waals surface area contributed by atoms with Gasteiger partial charge in [-0.3, -0.25) is 0 Å². The lowest BCUT2D eigenvalue weighted by atomic mass is 9.95. The van der Waals surface area contributed by atoms with Crippen molar-refractivity contribution in [2.45, 2.75) is 63.7 Å². The molecular weight excluding hydrogens is 224 g/mol. The van der Waals surface area contributed by atoms with E-state index in [1.807, 2.05) is 0 Å². The summed E-state index contributed by atoms with van der Waals surface area (Å²) in [5.41, 5.74) is 0. The highest BCUT2D eigenvalue weighted by Gasteiger charge is 2.36. The second-order valence-electron chi connectivity index (χ2n) is 7.83. The van der Waals surface area contributed by atoms with Crippen LogP contribution in [0.4, 0.5) is 0 Å². The highest BCUT2D eigenvalue weighted by atomic mass is 28.3. The molecule has 0 spiro atoms. The lowest BCUT2D eigenvalue weighted by Crippen LogP contribution is -2.39. The molecule has 1 fully saturated rings. The summed E-state index contributed by atoms with van der Waals surface area (Å²) >= 11 is 0. The van der Waals surface area contributed by atoms with E-state index in [9.17, 15) is 0 Å². The van der Waals surface area contributed by atoms with Gasteiger partial charge in [0.1, 0.15) is 0 Å². The maximum absolute atomic E-state index is 3.93. The molecular formula is C14H30Si2. The predicted octanol–water partition coefficient (Wildman–Crippen LogP) is 5.25. The molecule has 0 amide bonds. The highest BCUT2D eigenvalue weighted by molar-refractivity contribution is 6.78. The Morgan fingerprint density at radius 3 is 2.25 bits per heavy atom. The standard InChI is InChI=1S/C14H30Si2/c1-7-8-13-9-14(10-15(2,3)4)12-16(5,6)11-13/h7,13-14H,1,8-12H2,2-6H3/t13-,14+/m1/s1. The van der Waals surface area contributed by atoms with Crippen LogP contribution in [0.5, 0.6) is 0 Å². The summed E-state index contributed by atoms with van der Waals surface area (Å²) in [6.45, 7) is 16.7. The molecule has 0 aromatic carbocycles. The summed E-state index contributed by atoms with van der Waals surface area (Å²) in [5.74, 6) is 2.02. The smallest absolute Gasteiger partial charge is 0.0479 e. The fraction of sp³-hybridized carbons (Fsp3) is 0.857. The van der Waals surface area contributed by atoms with Crippen LogP contribution in [-0.4, -0.2) is 16.1 Å². The van der Waals surface area contributed by atoms with Gasteiger partial charge in [0.2, 0.25) is 0 Å². The number of allylic oxidation sites excluding steroid dienone is 1. The molecule has 1 aliphatic heterocycles. The van der Waals surface area contributed by atoms with Crippen LogP contribution < -0.4 is 0 Å². The predicted molar refractivity (Wildman–Crippen MR) is 81.7 cm³/mol. The maximum Gasteiger partial charge on any atom is 0.0479 e. The van der Waals surface area contributed by atoms with Crippen LogP contribution in [0.15, 0.2) is 12.7 Å². The average molecular weight is 255 g/mol. The summed E-state index contributed by atoms with van der Waals surface area (Å²) in [5, 5.41) is 0. The van der Waals surface area contributed by atoms with Crippen LogP contribution in [-0.2, 0) is 0 Å². The summed E-state index contributed by atoms with van der Waals surface area (Å²) in [7, 11) is -1.74. The van der Waals surface area contributed by atoms with Gasteiger partial charge in [0.25, 0.3) is 0 Å². The van der Waals surface area contributed by atoms with Gasteiger partial charge in [-0.1, -0.05) is 56.9 Å². The molecule has 1 aliphatic rings. The van der Waals surface area contributed by atoms with Gasteiger partial charge in [-0.05, 0) is 24.7 Å². The van der Waals surface area contributed by atoms with Crippen molar-refractivity contribution in [2.75, 3.05) is 0 Å². The Kier molecular flexibility index (Phi) is 4.64. The van der Waals surface area contributed by atoms with Gasteiger partial charge in [-0.25, -0.2) is 0 Å². The summed E-state index contributed by atoms with van der Waals surface area (Å²) in [4.78, 5) is 0. The molecule has 1 heterocycles. The second kappa shape index (κ2) is 5.22. The third-order valence-electron chi connectivity index (χ3n) is 3.75. The Morgan fingerprint density at radius 2 is 1.75 bits per heavy atom. The average Bonchev–Trinajstić information content (AvgIpc) is 1.96. The quantitative estimate of drug-likeness (QED) is 0.475. The third-order valence-corrected chi connectivity index (χ3v) is 8.92. The van der Waals surface area contributed by atoms with Crippen LogP contribution in [0.25, 0.3) is 0 Å². The first-order chi connectivity index (χ1) is 7.22. The van der Waals surface area contributed by atoms with E-state index in [4.69, 9.17) is 0 Å². The Morgan fingerprint density at radius 1 is 1.19 bits per heavy atom. The van der Waals surface area contributed by atoms with Gasteiger partial charge in [-0.2, -0.15) is 0 Å². The van der Waals surface area contributed by atoms with E-state index in [1.165, 1.54) is 12.8 Å². The first-order valence-electron chi connectivity index (χ1n) is 6.83. The van der Waals surface area contributed by atoms with Crippen LogP contribution in [0.2, 0.25) is 50.9 Å². The first-order valence-corrected chi connectivity index (χ1v) is 13.9. The Hall–Kier alpha value is 0.174. The molecule has 0 radical (unpaired) electrons. The summed E-state index contributed by atoms with van der Waals surface area (Å²) in [6, 6.07) is 4.68. The van der Waals surface area contributed by atoms with E-state index >= 15 is 0 Å². The highest BCUT2D eigenvalue weighted by Crippen LogP contribution is 2.41. The SMILES string of the molecule is C=CC[C@@H]1C[C@@H](C[Si](C)(C)C)C[Si](C)(C)C1. The Bertz CT molecular complexity index is 236. The zero-order valence-corrected chi connectivity index (χ0v) is 14.0. The molecule has 0 aromatic heterocycles. The largest absolute Gasteiger partial charge is 0.103 e. The van der Waals surface area contributed by atoms with E-state index < -0.39 is 16.1 Å². The Balaban J connectivity index is 2.61. The molecule has 0 saturated carbocycles. The number of rotatable bonds is 4. The lowest BCUT2D eigenvalue weighted by Gasteiger charge is -2.40. The third kappa shape index (κ3) is 5.00. The molecule has 0 N–H and O–H groups in total. The van der Waals surface area contributed by atoms with Crippen LogP contribution >= 0.6 is 0 Å². The van der Waals surface area contributed by atoms with Gasteiger partial charge in [-0.15, -0.1) is 6.58 Å². The zero-order chi connectivity index (χ0) is 12.4. The van der Waals surface area contributed by atoms with E-state index in [2.05, 4.69) is 45.4 Å². The summed E-state index contributed by atoms with van der Waals surface area (Å²) in [6.07, 6.45) is 4.90. The molecule has 0 unspecified atom stereocenters. The van der Waals surface area contributed by atoms with Crippen molar-refractivity contribution >= 4 is 16.1 Å². The first kappa shape index (κ1) is 14.2. The van der Waals surface area contributed by atoms with Gasteiger partial charge >= 0.3 is 0 Å². The van der Waals surface area contributed by atoms with E-state index in [-0.39, 0.29) is 0 Å². The molecule has 2 heteroatoms. The van der Waals surface area contributed by atoms with Crippen molar-refractivity contribution in [3.8, 4) is 0 Å². The van der Waals surface area contributed by atoms with Crippen molar-refractivity contribution in [3.05, 3.63) is 12.7 Å². The van der Waals surface area contributed by atoms with Crippen molar-refractivity contribution in [1.82, 2.24) is 0 Å². The topological polar surface area (TPSA) is 0 Å². The minimum atomic E-state index is -0.879. The monoisotopic (exact) mass is 254 g/mol. The molecule has 0 aromatic rings. The van der Waals surface area contributed by atoms with E-state index in [1.54, 1.807) is 18.1 Å². The fourth-order valence-electron chi connectivity index (χ4n) is 3.72. The molecule has 2 atom stereocenters. The van der Waals surface area contributed by atoms with Crippen molar-refractivity contribution < 1.29 is 0 Å².